The fraction of sp³-hybridized carbons (Fsp3) is 0.312. The number of carboxylic acid groups (broad SMARTS) is 1. The smallest absolute Gasteiger partial charge is 0.404 e. The monoisotopic (exact) mass is 424 g/mol. The number of amides is 3. The third kappa shape index (κ3) is 3.89. The summed E-state index contributed by atoms with van der Waals surface area (Å²) in [6.45, 7) is -0.345. The van der Waals surface area contributed by atoms with Crippen molar-refractivity contribution >= 4 is 41.4 Å². The van der Waals surface area contributed by atoms with Crippen molar-refractivity contribution in [3.05, 3.63) is 35.4 Å². The zero-order valence-corrected chi connectivity index (χ0v) is 15.8. The third-order valence-electron chi connectivity index (χ3n) is 4.12. The van der Waals surface area contributed by atoms with Crippen LogP contribution in [0.4, 0.5) is 4.79 Å². The average Bonchev–Trinajstić information content (AvgIpc) is 3.21. The van der Waals surface area contributed by atoms with Gasteiger partial charge in [0.15, 0.2) is 5.71 Å². The minimum absolute atomic E-state index is 0.0992. The van der Waals surface area contributed by atoms with E-state index < -0.39 is 35.3 Å². The van der Waals surface area contributed by atoms with E-state index in [0.29, 0.717) is 5.56 Å². The number of hydrogen-bond donors (Lipinski definition) is 3. The highest BCUT2D eigenvalue weighted by molar-refractivity contribution is 8.00. The Morgan fingerprint density at radius 3 is 2.83 bits per heavy atom. The lowest BCUT2D eigenvalue weighted by atomic mass is 10.0. The SMILES string of the molecule is CO/N=C(\C(=O)N[C@@H]1C(=O)N2C(C(=O)O)=C(COC(N)=O)CS[C@H]12)c1ccoc1. The van der Waals surface area contributed by atoms with Crippen molar-refractivity contribution in [3.63, 3.8) is 0 Å². The van der Waals surface area contributed by atoms with Gasteiger partial charge in [-0.15, -0.1) is 11.8 Å². The molecule has 0 spiro atoms. The number of carbonyl (C=O) groups excluding carboxylic acids is 3. The molecule has 2 aliphatic rings. The number of β-lactam (4-membered cyclic amide) rings is 1. The number of hydrogen-bond acceptors (Lipinski definition) is 9. The van der Waals surface area contributed by atoms with Gasteiger partial charge in [-0.2, -0.15) is 0 Å². The Balaban J connectivity index is 1.77. The number of oxime groups is 1. The van der Waals surface area contributed by atoms with Crippen LogP contribution in [0.1, 0.15) is 5.56 Å². The Labute approximate surface area is 167 Å². The van der Waals surface area contributed by atoms with Crippen LogP contribution in [0, 0.1) is 0 Å². The molecule has 1 aromatic rings. The molecule has 12 nitrogen and oxygen atoms in total. The zero-order chi connectivity index (χ0) is 21.1. The quantitative estimate of drug-likeness (QED) is 0.295. The van der Waals surface area contributed by atoms with E-state index in [2.05, 4.69) is 20.0 Å². The summed E-state index contributed by atoms with van der Waals surface area (Å²) in [7, 11) is 1.26. The summed E-state index contributed by atoms with van der Waals surface area (Å²) in [6.07, 6.45) is 1.58. The number of nitrogens with two attached hydrogens (primary N) is 1. The molecule has 4 N–H and O–H groups in total. The van der Waals surface area contributed by atoms with Crippen molar-refractivity contribution in [2.24, 2.45) is 10.9 Å². The molecule has 0 saturated carbocycles. The van der Waals surface area contributed by atoms with Crippen LogP contribution in [-0.4, -0.2) is 70.5 Å². The number of nitrogens with one attached hydrogen (secondary N) is 1. The number of fused-ring (bicyclic) bond motifs is 1. The standard InChI is InChI=1S/C16H16N4O8S/c1-26-19-9(7-2-3-27-4-7)12(21)18-10-13(22)20-11(15(23)24)8(5-28-16(17)25)6-29-14(10)20/h2-4,10,14H,5-6H2,1H3,(H2,17,25)(H,18,21)(H,23,24)/b19-9-/t10-,14-/m1/s1. The Kier molecular flexibility index (Phi) is 5.77. The van der Waals surface area contributed by atoms with Crippen molar-refractivity contribution < 1.29 is 38.3 Å². The Bertz CT molecular complexity index is 910. The van der Waals surface area contributed by atoms with Gasteiger partial charge in [0.05, 0.1) is 12.5 Å². The van der Waals surface area contributed by atoms with Crippen molar-refractivity contribution in [2.45, 2.75) is 11.4 Å². The summed E-state index contributed by atoms with van der Waals surface area (Å²) in [6, 6.07) is 0.534. The van der Waals surface area contributed by atoms with Gasteiger partial charge >= 0.3 is 12.1 Å². The third-order valence-corrected chi connectivity index (χ3v) is 5.46. The summed E-state index contributed by atoms with van der Waals surface area (Å²) in [5.74, 6) is -2.48. The highest BCUT2D eigenvalue weighted by Gasteiger charge is 2.54. The van der Waals surface area contributed by atoms with Crippen LogP contribution >= 0.6 is 11.8 Å². The van der Waals surface area contributed by atoms with Gasteiger partial charge in [-0.3, -0.25) is 14.5 Å². The molecule has 154 valence electrons. The normalized spacial score (nSPS) is 21.2. The molecule has 29 heavy (non-hydrogen) atoms. The fourth-order valence-electron chi connectivity index (χ4n) is 2.88. The molecule has 0 aliphatic carbocycles. The van der Waals surface area contributed by atoms with Crippen molar-refractivity contribution in [1.29, 1.82) is 0 Å². The second-order valence-electron chi connectivity index (χ2n) is 5.86. The number of aliphatic carboxylic acids is 1. The minimum Gasteiger partial charge on any atom is -0.477 e. The fourth-order valence-corrected chi connectivity index (χ4v) is 4.21. The van der Waals surface area contributed by atoms with E-state index in [9.17, 15) is 24.3 Å². The van der Waals surface area contributed by atoms with Gasteiger partial charge < -0.3 is 30.1 Å². The molecule has 0 radical (unpaired) electrons. The maximum absolute atomic E-state index is 12.6. The van der Waals surface area contributed by atoms with Gasteiger partial charge in [0.2, 0.25) is 0 Å². The molecule has 2 atom stereocenters. The van der Waals surface area contributed by atoms with Crippen LogP contribution in [0.3, 0.4) is 0 Å². The molecule has 3 rings (SSSR count). The highest BCUT2D eigenvalue weighted by Crippen LogP contribution is 2.40. The van der Waals surface area contributed by atoms with Crippen LogP contribution < -0.4 is 11.1 Å². The summed E-state index contributed by atoms with van der Waals surface area (Å²) >= 11 is 1.22. The maximum Gasteiger partial charge on any atom is 0.404 e. The number of carboxylic acids is 1. The van der Waals surface area contributed by atoms with E-state index >= 15 is 0 Å². The molecular weight excluding hydrogens is 408 g/mol. The second kappa shape index (κ2) is 8.26. The van der Waals surface area contributed by atoms with Crippen LogP contribution in [0.2, 0.25) is 0 Å². The first-order valence-corrected chi connectivity index (χ1v) is 9.16. The van der Waals surface area contributed by atoms with Gasteiger partial charge in [-0.1, -0.05) is 5.16 Å². The lowest BCUT2D eigenvalue weighted by Crippen LogP contribution is -2.71. The van der Waals surface area contributed by atoms with E-state index in [1.807, 2.05) is 0 Å². The molecule has 3 amide bonds. The summed E-state index contributed by atoms with van der Waals surface area (Å²) in [4.78, 5) is 53.3. The molecular formula is C16H16N4O8S. The van der Waals surface area contributed by atoms with Crippen LogP contribution in [0.15, 0.2) is 39.4 Å². The van der Waals surface area contributed by atoms with Gasteiger partial charge in [0.1, 0.15) is 30.8 Å². The summed E-state index contributed by atoms with van der Waals surface area (Å²) in [5, 5.41) is 15.1. The van der Waals surface area contributed by atoms with E-state index in [0.717, 1.165) is 4.90 Å². The molecule has 1 saturated heterocycles. The summed E-state index contributed by atoms with van der Waals surface area (Å²) in [5.41, 5.74) is 5.11. The number of rotatable bonds is 7. The predicted molar refractivity (Wildman–Crippen MR) is 97.5 cm³/mol. The van der Waals surface area contributed by atoms with E-state index in [-0.39, 0.29) is 29.3 Å². The van der Waals surface area contributed by atoms with Crippen LogP contribution in [0.25, 0.3) is 0 Å². The molecule has 0 aromatic carbocycles. The van der Waals surface area contributed by atoms with E-state index in [4.69, 9.17) is 10.2 Å². The average molecular weight is 424 g/mol. The van der Waals surface area contributed by atoms with Gasteiger partial charge in [0, 0.05) is 16.9 Å². The predicted octanol–water partition coefficient (Wildman–Crippen LogP) is -0.536. The molecule has 13 heteroatoms. The van der Waals surface area contributed by atoms with Crippen molar-refractivity contribution in [1.82, 2.24) is 10.2 Å². The highest BCUT2D eigenvalue weighted by atomic mass is 32.2. The van der Waals surface area contributed by atoms with Crippen molar-refractivity contribution in [3.8, 4) is 0 Å². The number of primary amides is 1. The Hall–Kier alpha value is -3.48. The summed E-state index contributed by atoms with van der Waals surface area (Å²) < 4.78 is 9.58. The van der Waals surface area contributed by atoms with E-state index in [1.165, 1.54) is 37.5 Å². The molecule has 1 fully saturated rings. The largest absolute Gasteiger partial charge is 0.477 e. The van der Waals surface area contributed by atoms with Crippen molar-refractivity contribution in [2.75, 3.05) is 19.5 Å². The van der Waals surface area contributed by atoms with E-state index in [1.54, 1.807) is 0 Å². The number of ether oxygens (including phenoxy) is 1. The minimum atomic E-state index is -1.35. The number of nitrogens with zero attached hydrogens (tertiary/aromatic N) is 2. The lowest BCUT2D eigenvalue weighted by Gasteiger charge is -2.49. The van der Waals surface area contributed by atoms with Gasteiger partial charge in [0.25, 0.3) is 11.8 Å². The molecule has 0 bridgehead atoms. The number of furan rings is 1. The first-order valence-electron chi connectivity index (χ1n) is 8.12. The first-order chi connectivity index (χ1) is 13.8. The molecule has 3 heterocycles. The molecule has 1 aromatic heterocycles. The topological polar surface area (TPSA) is 174 Å². The number of carbonyl (C=O) groups is 4. The van der Waals surface area contributed by atoms with Gasteiger partial charge in [-0.05, 0) is 6.07 Å². The second-order valence-corrected chi connectivity index (χ2v) is 6.97. The van der Waals surface area contributed by atoms with Gasteiger partial charge in [-0.25, -0.2) is 9.59 Å². The Morgan fingerprint density at radius 2 is 2.24 bits per heavy atom. The molecule has 2 aliphatic heterocycles. The molecule has 0 unspecified atom stereocenters. The maximum atomic E-state index is 12.6. The lowest BCUT2D eigenvalue weighted by molar-refractivity contribution is -0.150. The van der Waals surface area contributed by atoms with Crippen LogP contribution in [0.5, 0.6) is 0 Å². The Morgan fingerprint density at radius 1 is 1.48 bits per heavy atom. The first kappa shape index (κ1) is 20.3. The number of thioether (sulfide) groups is 1. The van der Waals surface area contributed by atoms with Crippen LogP contribution in [-0.2, 0) is 24.0 Å². The zero-order valence-electron chi connectivity index (χ0n) is 15.0.